The minimum absolute atomic E-state index is 0.129. The van der Waals surface area contributed by atoms with Gasteiger partial charge in [0.2, 0.25) is 11.7 Å². The predicted molar refractivity (Wildman–Crippen MR) is 127 cm³/mol. The zero-order valence-electron chi connectivity index (χ0n) is 19.0. The van der Waals surface area contributed by atoms with Crippen LogP contribution in [0.2, 0.25) is 0 Å². The molecule has 35 heavy (non-hydrogen) atoms. The highest BCUT2D eigenvalue weighted by Gasteiger charge is 2.29. The summed E-state index contributed by atoms with van der Waals surface area (Å²) in [6.07, 6.45) is 3.40. The summed E-state index contributed by atoms with van der Waals surface area (Å²) in [6, 6.07) is 3.91. The maximum atomic E-state index is 14.8. The Hall–Kier alpha value is -3.57. The van der Waals surface area contributed by atoms with Gasteiger partial charge in [0.05, 0.1) is 42.5 Å². The number of amides is 1. The van der Waals surface area contributed by atoms with Crippen molar-refractivity contribution < 1.29 is 32.6 Å². The number of anilines is 1. The molecular weight excluding hydrogens is 480 g/mol. The zero-order chi connectivity index (χ0) is 25.1. The molecule has 4 rings (SSSR count). The van der Waals surface area contributed by atoms with Gasteiger partial charge in [0.15, 0.2) is 23.1 Å². The highest BCUT2D eigenvalue weighted by molar-refractivity contribution is 7.21. The van der Waals surface area contributed by atoms with Crippen LogP contribution >= 0.6 is 11.3 Å². The molecule has 1 aliphatic heterocycles. The van der Waals surface area contributed by atoms with Crippen molar-refractivity contribution in [3.8, 4) is 11.5 Å². The molecule has 3 heterocycles. The van der Waals surface area contributed by atoms with Crippen LogP contribution in [0.3, 0.4) is 0 Å². The van der Waals surface area contributed by atoms with Gasteiger partial charge in [-0.15, -0.1) is 11.3 Å². The molecule has 2 atom stereocenters. The van der Waals surface area contributed by atoms with E-state index >= 15 is 0 Å². The summed E-state index contributed by atoms with van der Waals surface area (Å²) in [4.78, 5) is 29.4. The van der Waals surface area contributed by atoms with Crippen molar-refractivity contribution in [3.63, 3.8) is 0 Å². The summed E-state index contributed by atoms with van der Waals surface area (Å²) in [6.45, 7) is 4.36. The first-order chi connectivity index (χ1) is 16.9. The standard InChI is InChI=1S/C24H23F2N3O5S/c1-4-20(30)29-13-5-6-34-11-14(13)28-19-8-12-7-17(35-18(12)10-27-19)24(31)21-22(25)15(32-2)9-16(33-3)23(21)26/h4,7-10,13-14H,1,5-6,11H2,2-3H3,(H,27,28)(H,29,30). The van der Waals surface area contributed by atoms with Crippen molar-refractivity contribution in [2.75, 3.05) is 32.8 Å². The number of hydrogen-bond acceptors (Lipinski definition) is 8. The number of carbonyl (C=O) groups excluding carboxylic acids is 2. The van der Waals surface area contributed by atoms with Gasteiger partial charge in [-0.05, 0) is 30.0 Å². The average Bonchev–Trinajstić information content (AvgIpc) is 3.29. The zero-order valence-corrected chi connectivity index (χ0v) is 19.8. The summed E-state index contributed by atoms with van der Waals surface area (Å²) in [5.74, 6) is -3.40. The third-order valence-electron chi connectivity index (χ3n) is 5.63. The van der Waals surface area contributed by atoms with Gasteiger partial charge in [-0.25, -0.2) is 13.8 Å². The van der Waals surface area contributed by atoms with E-state index in [2.05, 4.69) is 22.2 Å². The van der Waals surface area contributed by atoms with E-state index in [1.807, 2.05) is 0 Å². The maximum Gasteiger partial charge on any atom is 0.243 e. The van der Waals surface area contributed by atoms with Crippen LogP contribution in [-0.2, 0) is 9.53 Å². The number of hydrogen-bond donors (Lipinski definition) is 2. The number of benzene rings is 1. The molecule has 11 heteroatoms. The number of carbonyl (C=O) groups is 2. The Morgan fingerprint density at radius 3 is 2.54 bits per heavy atom. The number of nitrogens with one attached hydrogen (secondary N) is 2. The number of halogens is 2. The van der Waals surface area contributed by atoms with E-state index in [0.717, 1.165) is 17.4 Å². The van der Waals surface area contributed by atoms with Crippen molar-refractivity contribution in [1.82, 2.24) is 10.3 Å². The number of rotatable bonds is 8. The second-order valence-electron chi connectivity index (χ2n) is 7.76. The first-order valence-electron chi connectivity index (χ1n) is 10.7. The van der Waals surface area contributed by atoms with E-state index in [0.29, 0.717) is 35.5 Å². The van der Waals surface area contributed by atoms with Crippen molar-refractivity contribution in [2.45, 2.75) is 18.5 Å². The molecule has 0 aliphatic carbocycles. The molecule has 184 valence electrons. The largest absolute Gasteiger partial charge is 0.494 e. The number of ketones is 1. The quantitative estimate of drug-likeness (QED) is 0.357. The molecule has 2 aromatic heterocycles. The first-order valence-corrected chi connectivity index (χ1v) is 11.5. The lowest BCUT2D eigenvalue weighted by Crippen LogP contribution is -2.52. The van der Waals surface area contributed by atoms with Gasteiger partial charge in [-0.1, -0.05) is 6.58 Å². The van der Waals surface area contributed by atoms with E-state index in [1.165, 1.54) is 20.3 Å². The van der Waals surface area contributed by atoms with Crippen molar-refractivity contribution in [2.24, 2.45) is 0 Å². The highest BCUT2D eigenvalue weighted by atomic mass is 32.1. The van der Waals surface area contributed by atoms with E-state index in [4.69, 9.17) is 14.2 Å². The minimum atomic E-state index is -1.10. The van der Waals surface area contributed by atoms with Crippen LogP contribution in [0.15, 0.2) is 37.1 Å². The topological polar surface area (TPSA) is 98.8 Å². The SMILES string of the molecule is C=CC(=O)NC1CCOCC1Nc1cc2cc(C(=O)c3c(F)c(OC)cc(OC)c3F)sc2cn1. The van der Waals surface area contributed by atoms with Crippen molar-refractivity contribution in [1.29, 1.82) is 0 Å². The molecule has 0 spiro atoms. The van der Waals surface area contributed by atoms with E-state index in [1.54, 1.807) is 18.3 Å². The molecular formula is C24H23F2N3O5S. The Morgan fingerprint density at radius 1 is 1.17 bits per heavy atom. The fraction of sp³-hybridized carbons (Fsp3) is 0.292. The third kappa shape index (κ3) is 4.96. The summed E-state index contributed by atoms with van der Waals surface area (Å²) in [7, 11) is 2.43. The molecule has 1 aliphatic rings. The minimum Gasteiger partial charge on any atom is -0.494 e. The number of pyridine rings is 1. The molecule has 3 aromatic rings. The van der Waals surface area contributed by atoms with Gasteiger partial charge in [0, 0.05) is 18.9 Å². The van der Waals surface area contributed by atoms with Crippen LogP contribution < -0.4 is 20.1 Å². The molecule has 1 amide bonds. The number of aromatic nitrogens is 1. The van der Waals surface area contributed by atoms with Crippen molar-refractivity contribution >= 4 is 38.9 Å². The summed E-state index contributed by atoms with van der Waals surface area (Å²) in [5, 5.41) is 6.80. The number of ether oxygens (including phenoxy) is 3. The molecule has 0 saturated carbocycles. The molecule has 1 aromatic carbocycles. The van der Waals surface area contributed by atoms with E-state index < -0.39 is 23.0 Å². The fourth-order valence-corrected chi connectivity index (χ4v) is 4.79. The van der Waals surface area contributed by atoms with Crippen LogP contribution in [0, 0.1) is 11.6 Å². The van der Waals surface area contributed by atoms with Crippen LogP contribution in [0.5, 0.6) is 11.5 Å². The summed E-state index contributed by atoms with van der Waals surface area (Å²) >= 11 is 1.06. The molecule has 2 N–H and O–H groups in total. The van der Waals surface area contributed by atoms with Crippen LogP contribution in [-0.4, -0.2) is 56.2 Å². The Morgan fingerprint density at radius 2 is 1.89 bits per heavy atom. The Labute approximate surface area is 203 Å². The Balaban J connectivity index is 1.62. The predicted octanol–water partition coefficient (Wildman–Crippen LogP) is 3.69. The fourth-order valence-electron chi connectivity index (χ4n) is 3.83. The maximum absolute atomic E-state index is 14.8. The average molecular weight is 504 g/mol. The van der Waals surface area contributed by atoms with Gasteiger partial charge in [-0.2, -0.15) is 0 Å². The molecule has 8 nitrogen and oxygen atoms in total. The number of methoxy groups -OCH3 is 2. The van der Waals surface area contributed by atoms with Gasteiger partial charge >= 0.3 is 0 Å². The van der Waals surface area contributed by atoms with Gasteiger partial charge in [0.1, 0.15) is 11.4 Å². The first kappa shape index (κ1) is 24.6. The molecule has 1 saturated heterocycles. The Kier molecular flexibility index (Phi) is 7.27. The van der Waals surface area contributed by atoms with Gasteiger partial charge in [0.25, 0.3) is 0 Å². The summed E-state index contributed by atoms with van der Waals surface area (Å²) in [5.41, 5.74) is -0.751. The summed E-state index contributed by atoms with van der Waals surface area (Å²) < 4.78 is 45.7. The van der Waals surface area contributed by atoms with E-state index in [9.17, 15) is 18.4 Å². The van der Waals surface area contributed by atoms with Crippen molar-refractivity contribution in [3.05, 3.63) is 59.1 Å². The molecule has 0 radical (unpaired) electrons. The third-order valence-corrected chi connectivity index (χ3v) is 6.72. The second kappa shape index (κ2) is 10.4. The number of nitrogens with zero attached hydrogens (tertiary/aromatic N) is 1. The van der Waals surface area contributed by atoms with Crippen LogP contribution in [0.4, 0.5) is 14.6 Å². The highest BCUT2D eigenvalue weighted by Crippen LogP contribution is 2.35. The lowest BCUT2D eigenvalue weighted by atomic mass is 10.0. The number of thiophene rings is 1. The monoisotopic (exact) mass is 503 g/mol. The lowest BCUT2D eigenvalue weighted by Gasteiger charge is -2.32. The van der Waals surface area contributed by atoms with E-state index in [-0.39, 0.29) is 34.4 Å². The normalized spacial score (nSPS) is 17.6. The molecule has 2 unspecified atom stereocenters. The van der Waals surface area contributed by atoms with Gasteiger partial charge < -0.3 is 24.8 Å². The van der Waals surface area contributed by atoms with Crippen LogP contribution in [0.1, 0.15) is 21.7 Å². The van der Waals surface area contributed by atoms with Crippen LogP contribution in [0.25, 0.3) is 10.1 Å². The molecule has 0 bridgehead atoms. The molecule has 1 fully saturated rings. The smallest absolute Gasteiger partial charge is 0.243 e. The second-order valence-corrected chi connectivity index (χ2v) is 8.85. The Bertz CT molecular complexity index is 1270. The van der Waals surface area contributed by atoms with Gasteiger partial charge in [-0.3, -0.25) is 9.59 Å². The number of fused-ring (bicyclic) bond motifs is 1. The lowest BCUT2D eigenvalue weighted by molar-refractivity contribution is -0.117.